The van der Waals surface area contributed by atoms with Crippen LogP contribution in [0.2, 0.25) is 0 Å². The van der Waals surface area contributed by atoms with Crippen molar-refractivity contribution in [1.29, 1.82) is 0 Å². The number of benzene rings is 3. The molecule has 2 N–H and O–H groups in total. The van der Waals surface area contributed by atoms with Crippen LogP contribution in [0.25, 0.3) is 0 Å². The number of para-hydroxylation sites is 1. The quantitative estimate of drug-likeness (QED) is 0.571. The molecule has 3 aromatic carbocycles. The summed E-state index contributed by atoms with van der Waals surface area (Å²) in [5.41, 5.74) is 1.13. The van der Waals surface area contributed by atoms with Gasteiger partial charge >= 0.3 is 0 Å². The van der Waals surface area contributed by atoms with Crippen LogP contribution in [-0.2, 0) is 5.60 Å². The Labute approximate surface area is 182 Å². The van der Waals surface area contributed by atoms with Crippen LogP contribution in [0, 0.1) is 11.7 Å². The lowest BCUT2D eigenvalue weighted by atomic mass is 9.72. The average molecular weight is 421 g/mol. The summed E-state index contributed by atoms with van der Waals surface area (Å²) in [5.74, 6) is -0.271. The van der Waals surface area contributed by atoms with Crippen LogP contribution in [0.5, 0.6) is 0 Å². The van der Waals surface area contributed by atoms with Crippen LogP contribution in [0.4, 0.5) is 10.1 Å². The molecular weight excluding hydrogens is 395 g/mol. The van der Waals surface area contributed by atoms with Crippen LogP contribution < -0.4 is 5.32 Å². The van der Waals surface area contributed by atoms with Crippen molar-refractivity contribution in [1.82, 2.24) is 4.90 Å². The molecule has 1 heterocycles. The topological polar surface area (TPSA) is 35.5 Å². The maximum absolute atomic E-state index is 13.9. The lowest BCUT2D eigenvalue weighted by Gasteiger charge is -2.43. The average Bonchev–Trinajstić information content (AvgIpc) is 2.81. The normalized spacial score (nSPS) is 15.1. The number of anilines is 1. The minimum Gasteiger partial charge on any atom is -0.380 e. The zero-order chi connectivity index (χ0) is 21.0. The molecule has 4 rings (SSSR count). The largest absolute Gasteiger partial charge is 0.380 e. The first-order valence-corrected chi connectivity index (χ1v) is 10.6. The summed E-state index contributed by atoms with van der Waals surface area (Å²) < 4.78 is 13.9. The fraction of sp³-hybridized carbons (Fsp3) is 0.240. The summed E-state index contributed by atoms with van der Waals surface area (Å²) >= 11 is 5.52. The first-order valence-electron chi connectivity index (χ1n) is 10.2. The van der Waals surface area contributed by atoms with E-state index in [9.17, 15) is 9.50 Å². The van der Waals surface area contributed by atoms with Crippen molar-refractivity contribution in [3.8, 4) is 0 Å². The number of likely N-dealkylation sites (tertiary alicyclic amines) is 1. The van der Waals surface area contributed by atoms with Crippen molar-refractivity contribution in [2.75, 3.05) is 18.4 Å². The van der Waals surface area contributed by atoms with Crippen molar-refractivity contribution < 1.29 is 9.50 Å². The molecular formula is C25H25FN2OS. The van der Waals surface area contributed by atoms with Crippen molar-refractivity contribution in [2.45, 2.75) is 18.4 Å². The summed E-state index contributed by atoms with van der Waals surface area (Å²) in [4.78, 5) is 2.05. The van der Waals surface area contributed by atoms with Gasteiger partial charge in [0.25, 0.3) is 0 Å². The number of nitrogens with zero attached hydrogens (tertiary/aromatic N) is 1. The Bertz CT molecular complexity index is 949. The molecule has 0 radical (unpaired) electrons. The van der Waals surface area contributed by atoms with E-state index in [0.29, 0.717) is 23.9 Å². The number of nitrogens with one attached hydrogen (secondary N) is 1. The van der Waals surface area contributed by atoms with Gasteiger partial charge < -0.3 is 15.3 Å². The maximum atomic E-state index is 13.9. The number of thiocarbonyl (C=S) groups is 1. The number of hydrogen-bond donors (Lipinski definition) is 2. The van der Waals surface area contributed by atoms with Gasteiger partial charge in [-0.15, -0.1) is 0 Å². The summed E-state index contributed by atoms with van der Waals surface area (Å²) in [5, 5.41) is 15.5. The van der Waals surface area contributed by atoms with Crippen molar-refractivity contribution in [2.24, 2.45) is 5.92 Å². The predicted octanol–water partition coefficient (Wildman–Crippen LogP) is 5.17. The van der Waals surface area contributed by atoms with Gasteiger partial charge in [0.05, 0.1) is 5.69 Å². The molecule has 0 atom stereocenters. The first-order chi connectivity index (χ1) is 14.6. The van der Waals surface area contributed by atoms with Gasteiger partial charge in [0.15, 0.2) is 5.11 Å². The van der Waals surface area contributed by atoms with Crippen LogP contribution in [0.15, 0.2) is 84.9 Å². The molecule has 1 saturated heterocycles. The highest BCUT2D eigenvalue weighted by atomic mass is 32.1. The smallest absolute Gasteiger partial charge is 0.173 e. The van der Waals surface area contributed by atoms with E-state index in [2.05, 4.69) is 10.2 Å². The molecule has 5 heteroatoms. The Morgan fingerprint density at radius 3 is 1.90 bits per heavy atom. The predicted molar refractivity (Wildman–Crippen MR) is 123 cm³/mol. The summed E-state index contributed by atoms with van der Waals surface area (Å²) in [6.07, 6.45) is 1.55. The summed E-state index contributed by atoms with van der Waals surface area (Å²) in [6.45, 7) is 1.40. The van der Waals surface area contributed by atoms with Gasteiger partial charge in [0, 0.05) is 13.1 Å². The Balaban J connectivity index is 1.51. The molecule has 3 aromatic rings. The molecule has 0 unspecified atom stereocenters. The van der Waals surface area contributed by atoms with Gasteiger partial charge in [0.1, 0.15) is 11.4 Å². The molecule has 3 nitrogen and oxygen atoms in total. The molecule has 0 bridgehead atoms. The highest BCUT2D eigenvalue weighted by Crippen LogP contribution is 2.41. The minimum atomic E-state index is -1.06. The van der Waals surface area contributed by atoms with Crippen LogP contribution in [0.1, 0.15) is 24.0 Å². The minimum absolute atomic E-state index is 0.0508. The van der Waals surface area contributed by atoms with E-state index in [0.717, 1.165) is 24.0 Å². The molecule has 1 aliphatic heterocycles. The highest BCUT2D eigenvalue weighted by molar-refractivity contribution is 7.80. The van der Waals surface area contributed by atoms with E-state index in [4.69, 9.17) is 12.2 Å². The van der Waals surface area contributed by atoms with Gasteiger partial charge in [-0.25, -0.2) is 4.39 Å². The van der Waals surface area contributed by atoms with E-state index in [1.807, 2.05) is 60.7 Å². The lowest BCUT2D eigenvalue weighted by Crippen LogP contribution is -2.47. The Morgan fingerprint density at radius 2 is 1.37 bits per heavy atom. The Morgan fingerprint density at radius 1 is 0.867 bits per heavy atom. The maximum Gasteiger partial charge on any atom is 0.173 e. The number of aliphatic hydroxyl groups is 1. The zero-order valence-corrected chi connectivity index (χ0v) is 17.5. The first kappa shape index (κ1) is 20.5. The van der Waals surface area contributed by atoms with Gasteiger partial charge in [-0.2, -0.15) is 0 Å². The number of hydrogen-bond acceptors (Lipinski definition) is 2. The van der Waals surface area contributed by atoms with Gasteiger partial charge in [-0.05, 0) is 54.2 Å². The third-order valence-electron chi connectivity index (χ3n) is 5.92. The van der Waals surface area contributed by atoms with Gasteiger partial charge in [-0.1, -0.05) is 72.8 Å². The SMILES string of the molecule is OC(c1ccccc1)(c1ccccc1)C1CCN(C(=S)Nc2ccccc2F)CC1. The molecule has 0 aliphatic carbocycles. The standard InChI is InChI=1S/C25H25FN2OS/c26-22-13-7-8-14-23(22)27-24(30)28-17-15-21(16-18-28)25(29,19-9-3-1-4-10-19)20-11-5-2-6-12-20/h1-14,21,29H,15-18H2,(H,27,30). The second kappa shape index (κ2) is 8.94. The lowest BCUT2D eigenvalue weighted by molar-refractivity contribution is -0.00631. The fourth-order valence-corrected chi connectivity index (χ4v) is 4.57. The van der Waals surface area contributed by atoms with E-state index in [-0.39, 0.29) is 11.7 Å². The van der Waals surface area contributed by atoms with Crippen LogP contribution in [-0.4, -0.2) is 28.2 Å². The number of rotatable bonds is 4. The van der Waals surface area contributed by atoms with E-state index >= 15 is 0 Å². The Kier molecular flexibility index (Phi) is 6.11. The fourth-order valence-electron chi connectivity index (χ4n) is 4.28. The third kappa shape index (κ3) is 4.09. The molecule has 1 fully saturated rings. The van der Waals surface area contributed by atoms with Gasteiger partial charge in [0.2, 0.25) is 0 Å². The van der Waals surface area contributed by atoms with E-state index < -0.39 is 5.60 Å². The highest BCUT2D eigenvalue weighted by Gasteiger charge is 2.41. The monoisotopic (exact) mass is 420 g/mol. The summed E-state index contributed by atoms with van der Waals surface area (Å²) in [6, 6.07) is 26.3. The van der Waals surface area contributed by atoms with E-state index in [1.54, 1.807) is 18.2 Å². The van der Waals surface area contributed by atoms with Crippen molar-refractivity contribution >= 4 is 23.0 Å². The zero-order valence-electron chi connectivity index (χ0n) is 16.7. The van der Waals surface area contributed by atoms with Crippen LogP contribution >= 0.6 is 12.2 Å². The van der Waals surface area contributed by atoms with Crippen LogP contribution in [0.3, 0.4) is 0 Å². The Hall–Kier alpha value is -2.76. The summed E-state index contributed by atoms with van der Waals surface area (Å²) in [7, 11) is 0. The van der Waals surface area contributed by atoms with Crippen molar-refractivity contribution in [3.63, 3.8) is 0 Å². The molecule has 30 heavy (non-hydrogen) atoms. The molecule has 0 amide bonds. The molecule has 0 aromatic heterocycles. The second-order valence-electron chi connectivity index (χ2n) is 7.67. The second-order valence-corrected chi connectivity index (χ2v) is 8.06. The molecule has 0 saturated carbocycles. The van der Waals surface area contributed by atoms with Crippen molar-refractivity contribution in [3.05, 3.63) is 102 Å². The molecule has 0 spiro atoms. The molecule has 1 aliphatic rings. The number of halogens is 1. The van der Waals surface area contributed by atoms with Gasteiger partial charge in [-0.3, -0.25) is 0 Å². The molecule has 154 valence electrons. The third-order valence-corrected chi connectivity index (χ3v) is 6.28. The number of piperidine rings is 1. The van der Waals surface area contributed by atoms with E-state index in [1.165, 1.54) is 6.07 Å².